The van der Waals surface area contributed by atoms with Gasteiger partial charge in [0, 0.05) is 23.5 Å². The van der Waals surface area contributed by atoms with E-state index in [-0.39, 0.29) is 34.2 Å². The summed E-state index contributed by atoms with van der Waals surface area (Å²) in [6, 6.07) is 1.57. The minimum Gasteiger partial charge on any atom is -0.511 e. The number of hydrogen-bond donors (Lipinski definition) is 6. The second-order valence-corrected chi connectivity index (χ2v) is 12.4. The van der Waals surface area contributed by atoms with Crippen LogP contribution in [0.15, 0.2) is 41.3 Å². The summed E-state index contributed by atoms with van der Waals surface area (Å²) < 4.78 is 0. The molecule has 0 aliphatic heterocycles. The molecule has 1 spiro atoms. The first kappa shape index (κ1) is 25.6. The highest BCUT2D eigenvalue weighted by atomic mass is 16.3. The van der Waals surface area contributed by atoms with Gasteiger partial charge in [-0.2, -0.15) is 0 Å². The van der Waals surface area contributed by atoms with Crippen LogP contribution in [0.2, 0.25) is 0 Å². The van der Waals surface area contributed by atoms with Crippen LogP contribution in [0.25, 0.3) is 10.8 Å². The van der Waals surface area contributed by atoms with Gasteiger partial charge in [0.15, 0.2) is 5.60 Å². The number of aryl methyl sites for hydroxylation is 1. The lowest BCUT2D eigenvalue weighted by Gasteiger charge is -2.50. The van der Waals surface area contributed by atoms with Gasteiger partial charge >= 0.3 is 0 Å². The van der Waals surface area contributed by atoms with Crippen LogP contribution in [0.5, 0.6) is 11.5 Å². The van der Waals surface area contributed by atoms with Crippen molar-refractivity contribution < 1.29 is 35.1 Å². The van der Waals surface area contributed by atoms with Crippen molar-refractivity contribution in [2.24, 2.45) is 17.1 Å². The van der Waals surface area contributed by atoms with E-state index in [1.54, 1.807) is 6.07 Å². The minimum atomic E-state index is -2.78. The van der Waals surface area contributed by atoms with Gasteiger partial charge in [-0.25, -0.2) is 0 Å². The molecular formula is C31H33NO7. The lowest BCUT2D eigenvalue weighted by molar-refractivity contribution is -0.142. The van der Waals surface area contributed by atoms with Crippen LogP contribution in [0.1, 0.15) is 78.7 Å². The van der Waals surface area contributed by atoms with Gasteiger partial charge in [0.25, 0.3) is 0 Å². The summed E-state index contributed by atoms with van der Waals surface area (Å²) in [4.78, 5) is 27.5. The number of nitrogens with two attached hydrogens (primary N) is 1. The number of allylic oxidation sites excluding steroid dienone is 4. The molecule has 39 heavy (non-hydrogen) atoms. The number of phenols is 2. The fourth-order valence-corrected chi connectivity index (χ4v) is 8.29. The molecule has 0 fully saturated rings. The summed E-state index contributed by atoms with van der Waals surface area (Å²) in [5, 5.41) is 57.4. The zero-order chi connectivity index (χ0) is 28.6. The van der Waals surface area contributed by atoms with Crippen LogP contribution < -0.4 is 5.73 Å². The summed E-state index contributed by atoms with van der Waals surface area (Å²) in [7, 11) is 0. The van der Waals surface area contributed by atoms with Crippen molar-refractivity contribution in [1.82, 2.24) is 0 Å². The van der Waals surface area contributed by atoms with E-state index in [1.807, 2.05) is 6.92 Å². The molecule has 7 N–H and O–H groups in total. The molecule has 8 nitrogen and oxygen atoms in total. The van der Waals surface area contributed by atoms with E-state index in [9.17, 15) is 35.1 Å². The van der Waals surface area contributed by atoms with E-state index in [1.165, 1.54) is 0 Å². The molecule has 8 heteroatoms. The van der Waals surface area contributed by atoms with E-state index in [2.05, 4.69) is 33.4 Å². The third-order valence-electron chi connectivity index (χ3n) is 10.2. The zero-order valence-electron chi connectivity index (χ0n) is 22.5. The molecule has 0 bridgehead atoms. The van der Waals surface area contributed by atoms with Gasteiger partial charge in [-0.15, -0.1) is 0 Å². The molecular weight excluding hydrogens is 498 g/mol. The molecule has 0 amide bonds. The van der Waals surface area contributed by atoms with E-state index >= 15 is 0 Å². The number of aromatic hydroxyl groups is 2. The molecule has 0 radical (unpaired) electrons. The number of fused-ring (bicyclic) bond motifs is 4. The topological polar surface area (TPSA) is 161 Å². The highest BCUT2D eigenvalue weighted by Gasteiger charge is 2.63. The first-order valence-electron chi connectivity index (χ1n) is 13.2. The number of benzene rings is 2. The fraction of sp³-hybridized carbons (Fsp3) is 0.419. The fourth-order valence-electron chi connectivity index (χ4n) is 8.29. The summed E-state index contributed by atoms with van der Waals surface area (Å²) >= 11 is 0. The number of carbonyl (C=O) groups excluding carboxylic acids is 2. The molecule has 0 saturated carbocycles. The Balaban J connectivity index is 1.73. The number of Topliss-reactive ketones (excluding diaryl/α,β-unsaturated/α-hetero) is 2. The first-order chi connectivity index (χ1) is 18.1. The second kappa shape index (κ2) is 7.52. The van der Waals surface area contributed by atoms with Crippen molar-refractivity contribution in [3.05, 3.63) is 69.1 Å². The SMILES string of the molecule is C=C(N)C1=C(O)C[C@@H]2[C@@H](O)c3c(c(O)c4c(O)cc(C)c5c4c3C[C@]53C(C)=CCCC3(C)C)C(=O)[C@]2(O)C1=O. The summed E-state index contributed by atoms with van der Waals surface area (Å²) in [5.74, 6) is -4.97. The highest BCUT2D eigenvalue weighted by molar-refractivity contribution is 6.27. The van der Waals surface area contributed by atoms with E-state index < -0.39 is 57.2 Å². The number of aliphatic hydroxyl groups is 3. The molecule has 6 rings (SSSR count). The van der Waals surface area contributed by atoms with Gasteiger partial charge < -0.3 is 31.3 Å². The summed E-state index contributed by atoms with van der Waals surface area (Å²) in [6.07, 6.45) is 2.42. The van der Waals surface area contributed by atoms with Crippen LogP contribution in [0.4, 0.5) is 0 Å². The molecule has 4 aliphatic rings. The normalized spacial score (nSPS) is 31.0. The predicted octanol–water partition coefficient (Wildman–Crippen LogP) is 3.95. The van der Waals surface area contributed by atoms with Gasteiger partial charge in [0.1, 0.15) is 17.3 Å². The van der Waals surface area contributed by atoms with Crippen LogP contribution in [0.3, 0.4) is 0 Å². The molecule has 0 aromatic heterocycles. The Morgan fingerprint density at radius 3 is 2.38 bits per heavy atom. The molecule has 4 atom stereocenters. The number of rotatable bonds is 1. The van der Waals surface area contributed by atoms with E-state index in [4.69, 9.17) is 5.73 Å². The minimum absolute atomic E-state index is 0.0584. The van der Waals surface area contributed by atoms with E-state index in [0.717, 1.165) is 29.5 Å². The lowest BCUT2D eigenvalue weighted by Crippen LogP contribution is -2.60. The van der Waals surface area contributed by atoms with Crippen molar-refractivity contribution in [3.8, 4) is 11.5 Å². The van der Waals surface area contributed by atoms with Gasteiger partial charge in [-0.3, -0.25) is 9.59 Å². The van der Waals surface area contributed by atoms with Crippen LogP contribution >= 0.6 is 0 Å². The number of carbonyl (C=O) groups is 2. The lowest BCUT2D eigenvalue weighted by atomic mass is 9.53. The quantitative estimate of drug-likeness (QED) is 0.238. The third kappa shape index (κ3) is 2.71. The Kier molecular flexibility index (Phi) is 4.94. The molecule has 204 valence electrons. The summed E-state index contributed by atoms with van der Waals surface area (Å²) in [6.45, 7) is 11.8. The van der Waals surface area contributed by atoms with Gasteiger partial charge in [0.2, 0.25) is 11.6 Å². The smallest absolute Gasteiger partial charge is 0.208 e. The molecule has 0 saturated heterocycles. The zero-order valence-corrected chi connectivity index (χ0v) is 22.5. The maximum Gasteiger partial charge on any atom is 0.208 e. The Morgan fingerprint density at radius 1 is 1.10 bits per heavy atom. The van der Waals surface area contributed by atoms with Gasteiger partial charge in [-0.05, 0) is 72.2 Å². The molecule has 2 aromatic rings. The maximum absolute atomic E-state index is 14.1. The van der Waals surface area contributed by atoms with E-state index in [0.29, 0.717) is 17.4 Å². The Labute approximate surface area is 225 Å². The second-order valence-electron chi connectivity index (χ2n) is 12.4. The Morgan fingerprint density at radius 2 is 1.77 bits per heavy atom. The Bertz CT molecular complexity index is 1640. The monoisotopic (exact) mass is 531 g/mol. The third-order valence-corrected chi connectivity index (χ3v) is 10.2. The Hall–Kier alpha value is -3.62. The standard InChI is InChI=1S/C31H33NO7/c1-12-9-17(33)22-20-15(11-30(24(12)20)13(2)7-6-8-29(30,4)5)21-23(26(22)36)28(38)31(39)16(25(21)35)10-18(34)19(14(3)32)27(31)37/h7,9,16,25,33-36,39H,3,6,8,10-11,32H2,1-2,4-5H3/t16-,25-,30+,31-/m1/s1. The number of ketones is 2. The average Bonchev–Trinajstić information content (AvgIpc) is 3.19. The van der Waals surface area contributed by atoms with Crippen LogP contribution in [-0.4, -0.2) is 42.7 Å². The van der Waals surface area contributed by atoms with Crippen molar-refractivity contribution in [2.45, 2.75) is 70.5 Å². The number of aliphatic hydroxyl groups excluding tert-OH is 2. The van der Waals surface area contributed by atoms with Gasteiger partial charge in [0.05, 0.1) is 22.6 Å². The molecule has 4 aliphatic carbocycles. The largest absolute Gasteiger partial charge is 0.511 e. The molecule has 2 aromatic carbocycles. The molecule has 0 heterocycles. The summed E-state index contributed by atoms with van der Waals surface area (Å²) in [5.41, 5.74) is 4.60. The van der Waals surface area contributed by atoms with Crippen molar-refractivity contribution in [1.29, 1.82) is 0 Å². The highest BCUT2D eigenvalue weighted by Crippen LogP contribution is 2.65. The van der Waals surface area contributed by atoms with Crippen LogP contribution in [-0.2, 0) is 16.6 Å². The first-order valence-corrected chi connectivity index (χ1v) is 13.2. The van der Waals surface area contributed by atoms with Crippen molar-refractivity contribution >= 4 is 22.3 Å². The number of hydrogen-bond acceptors (Lipinski definition) is 8. The average molecular weight is 532 g/mol. The molecule has 0 unspecified atom stereocenters. The maximum atomic E-state index is 14.1. The van der Waals surface area contributed by atoms with Crippen molar-refractivity contribution in [3.63, 3.8) is 0 Å². The van der Waals surface area contributed by atoms with Crippen LogP contribution in [0, 0.1) is 18.3 Å². The predicted molar refractivity (Wildman–Crippen MR) is 145 cm³/mol. The van der Waals surface area contributed by atoms with Crippen molar-refractivity contribution in [2.75, 3.05) is 0 Å². The number of phenolic OH excluding ortho intramolecular Hbond substituents is 2. The van der Waals surface area contributed by atoms with Gasteiger partial charge in [-0.1, -0.05) is 32.1 Å².